The summed E-state index contributed by atoms with van der Waals surface area (Å²) in [5.74, 6) is -0.654. The summed E-state index contributed by atoms with van der Waals surface area (Å²) in [6.07, 6.45) is 0. The van der Waals surface area contributed by atoms with E-state index in [0.717, 1.165) is 0 Å². The lowest BCUT2D eigenvalue weighted by Gasteiger charge is -2.20. The lowest BCUT2D eigenvalue weighted by atomic mass is 10.1. The minimum atomic E-state index is -0.516. The van der Waals surface area contributed by atoms with E-state index in [1.54, 1.807) is 25.1 Å². The molecule has 2 N–H and O–H groups in total. The van der Waals surface area contributed by atoms with Crippen molar-refractivity contribution >= 4 is 0 Å². The zero-order chi connectivity index (χ0) is 18.4. The molecule has 6 heteroatoms. The minimum Gasteiger partial charge on any atom is -0.491 e. The van der Waals surface area contributed by atoms with E-state index in [0.29, 0.717) is 12.3 Å². The van der Waals surface area contributed by atoms with Crippen LogP contribution in [0.25, 0.3) is 11.3 Å². The first-order valence-electron chi connectivity index (χ1n) is 8.39. The molecule has 1 heterocycles. The van der Waals surface area contributed by atoms with Crippen LogP contribution in [0.4, 0.5) is 8.78 Å². The molecular formula is C19H24F2N2O2. The van der Waals surface area contributed by atoms with Gasteiger partial charge in [0.25, 0.3) is 0 Å². The van der Waals surface area contributed by atoms with Crippen LogP contribution in [-0.2, 0) is 6.54 Å². The molecular weight excluding hydrogens is 326 g/mol. The number of nitrogens with zero attached hydrogens (tertiary/aromatic N) is 1. The van der Waals surface area contributed by atoms with Crippen LogP contribution in [0, 0.1) is 17.6 Å². The normalized spacial score (nSPS) is 12.4. The van der Waals surface area contributed by atoms with Crippen molar-refractivity contribution in [1.82, 2.24) is 10.3 Å². The summed E-state index contributed by atoms with van der Waals surface area (Å²) >= 11 is 0. The number of ether oxygens (including phenoxy) is 1. The molecule has 1 aromatic carbocycles. The number of hydrogen-bond donors (Lipinski definition) is 2. The molecule has 25 heavy (non-hydrogen) atoms. The van der Waals surface area contributed by atoms with E-state index in [1.165, 1.54) is 12.1 Å². The highest BCUT2D eigenvalue weighted by Gasteiger charge is 2.16. The fraction of sp³-hybridized carbons (Fsp3) is 0.421. The highest BCUT2D eigenvalue weighted by molar-refractivity contribution is 5.62. The third-order valence-electron chi connectivity index (χ3n) is 3.99. The van der Waals surface area contributed by atoms with Crippen molar-refractivity contribution in [2.45, 2.75) is 33.4 Å². The molecule has 0 aliphatic rings. The summed E-state index contributed by atoms with van der Waals surface area (Å²) in [6, 6.07) is 7.35. The van der Waals surface area contributed by atoms with Gasteiger partial charge in [0.05, 0.1) is 24.6 Å². The third kappa shape index (κ3) is 4.74. The Kier molecular flexibility index (Phi) is 6.84. The number of aromatic nitrogens is 1. The van der Waals surface area contributed by atoms with Gasteiger partial charge in [-0.3, -0.25) is 0 Å². The Morgan fingerprint density at radius 2 is 1.96 bits per heavy atom. The SMILES string of the molecule is CCOc1cccc(-c2ccc(F)c(CN[C@@H](CO)C(C)C)n2)c1F. The van der Waals surface area contributed by atoms with Gasteiger partial charge in [0.1, 0.15) is 5.82 Å². The Balaban J connectivity index is 2.28. The molecule has 0 aliphatic heterocycles. The Morgan fingerprint density at radius 3 is 2.60 bits per heavy atom. The van der Waals surface area contributed by atoms with Crippen molar-refractivity contribution < 1.29 is 18.6 Å². The summed E-state index contributed by atoms with van der Waals surface area (Å²) in [4.78, 5) is 4.26. The van der Waals surface area contributed by atoms with E-state index in [2.05, 4.69) is 10.3 Å². The Labute approximate surface area is 146 Å². The van der Waals surface area contributed by atoms with Crippen LogP contribution in [0.3, 0.4) is 0 Å². The maximum Gasteiger partial charge on any atom is 0.174 e. The van der Waals surface area contributed by atoms with E-state index in [-0.39, 0.29) is 42.1 Å². The Morgan fingerprint density at radius 1 is 1.20 bits per heavy atom. The van der Waals surface area contributed by atoms with Gasteiger partial charge in [-0.25, -0.2) is 13.8 Å². The molecule has 0 radical (unpaired) electrons. The van der Waals surface area contributed by atoms with E-state index in [9.17, 15) is 13.9 Å². The third-order valence-corrected chi connectivity index (χ3v) is 3.99. The number of nitrogens with one attached hydrogen (secondary N) is 1. The van der Waals surface area contributed by atoms with Gasteiger partial charge in [-0.1, -0.05) is 19.9 Å². The summed E-state index contributed by atoms with van der Waals surface area (Å²) < 4.78 is 33.9. The minimum absolute atomic E-state index is 0.0516. The predicted molar refractivity (Wildman–Crippen MR) is 93.3 cm³/mol. The average molecular weight is 350 g/mol. The number of halogens is 2. The number of benzene rings is 1. The van der Waals surface area contributed by atoms with E-state index < -0.39 is 11.6 Å². The molecule has 136 valence electrons. The summed E-state index contributed by atoms with van der Waals surface area (Å²) in [5.41, 5.74) is 0.773. The molecule has 0 spiro atoms. The first-order valence-corrected chi connectivity index (χ1v) is 8.39. The second-order valence-electron chi connectivity index (χ2n) is 6.09. The molecule has 0 unspecified atom stereocenters. The number of aliphatic hydroxyl groups excluding tert-OH is 1. The quantitative estimate of drug-likeness (QED) is 0.765. The van der Waals surface area contributed by atoms with Crippen molar-refractivity contribution in [3.05, 3.63) is 47.7 Å². The maximum absolute atomic E-state index is 14.5. The van der Waals surface area contributed by atoms with Gasteiger partial charge in [0.15, 0.2) is 11.6 Å². The zero-order valence-corrected chi connectivity index (χ0v) is 14.7. The molecule has 0 aliphatic carbocycles. The number of aliphatic hydroxyl groups is 1. The zero-order valence-electron chi connectivity index (χ0n) is 14.7. The second kappa shape index (κ2) is 8.87. The van der Waals surface area contributed by atoms with Crippen molar-refractivity contribution in [3.8, 4) is 17.0 Å². The predicted octanol–water partition coefficient (Wildman–Crippen LogP) is 3.53. The number of pyridine rings is 1. The van der Waals surface area contributed by atoms with Crippen LogP contribution in [0.1, 0.15) is 26.5 Å². The second-order valence-corrected chi connectivity index (χ2v) is 6.09. The van der Waals surface area contributed by atoms with Gasteiger partial charge >= 0.3 is 0 Å². The van der Waals surface area contributed by atoms with Crippen LogP contribution in [0.2, 0.25) is 0 Å². The molecule has 2 rings (SSSR count). The van der Waals surface area contributed by atoms with Gasteiger partial charge < -0.3 is 15.2 Å². The monoisotopic (exact) mass is 350 g/mol. The van der Waals surface area contributed by atoms with Crippen LogP contribution in [0.5, 0.6) is 5.75 Å². The van der Waals surface area contributed by atoms with Gasteiger partial charge in [-0.2, -0.15) is 0 Å². The van der Waals surface area contributed by atoms with Gasteiger partial charge in [-0.15, -0.1) is 0 Å². The largest absolute Gasteiger partial charge is 0.491 e. The lowest BCUT2D eigenvalue weighted by Crippen LogP contribution is -2.37. The molecule has 1 atom stereocenters. The lowest BCUT2D eigenvalue weighted by molar-refractivity contribution is 0.209. The van der Waals surface area contributed by atoms with E-state index in [1.807, 2.05) is 13.8 Å². The molecule has 0 amide bonds. The standard InChI is InChI=1S/C19H24F2N2O2/c1-4-25-18-7-5-6-13(19(18)21)15-9-8-14(20)16(23-15)10-22-17(11-24)12(2)3/h5-9,12,17,22,24H,4,10-11H2,1-3H3/t17-/m0/s1. The van der Waals surface area contributed by atoms with Crippen molar-refractivity contribution in [1.29, 1.82) is 0 Å². The van der Waals surface area contributed by atoms with Crippen molar-refractivity contribution in [3.63, 3.8) is 0 Å². The summed E-state index contributed by atoms with van der Waals surface area (Å²) in [6.45, 7) is 6.15. The molecule has 0 saturated carbocycles. The average Bonchev–Trinajstić information content (AvgIpc) is 2.59. The summed E-state index contributed by atoms with van der Waals surface area (Å²) in [5, 5.41) is 12.4. The Bertz CT molecular complexity index is 708. The van der Waals surface area contributed by atoms with Gasteiger partial charge in [0, 0.05) is 18.2 Å². The van der Waals surface area contributed by atoms with Crippen LogP contribution < -0.4 is 10.1 Å². The van der Waals surface area contributed by atoms with E-state index in [4.69, 9.17) is 4.74 Å². The van der Waals surface area contributed by atoms with E-state index >= 15 is 0 Å². The Hall–Kier alpha value is -2.05. The van der Waals surface area contributed by atoms with Gasteiger partial charge in [-0.05, 0) is 37.1 Å². The number of hydrogen-bond acceptors (Lipinski definition) is 4. The maximum atomic E-state index is 14.5. The van der Waals surface area contributed by atoms with Crippen LogP contribution >= 0.6 is 0 Å². The fourth-order valence-corrected chi connectivity index (χ4v) is 2.47. The molecule has 0 saturated heterocycles. The van der Waals surface area contributed by atoms with Crippen LogP contribution in [-0.4, -0.2) is 29.3 Å². The van der Waals surface area contributed by atoms with Gasteiger partial charge in [0.2, 0.25) is 0 Å². The number of rotatable bonds is 8. The first kappa shape index (κ1) is 19.3. The fourth-order valence-electron chi connectivity index (χ4n) is 2.47. The first-order chi connectivity index (χ1) is 12.0. The molecule has 0 fully saturated rings. The highest BCUT2D eigenvalue weighted by Crippen LogP contribution is 2.28. The molecule has 0 bridgehead atoms. The van der Waals surface area contributed by atoms with Crippen LogP contribution in [0.15, 0.2) is 30.3 Å². The summed E-state index contributed by atoms with van der Waals surface area (Å²) in [7, 11) is 0. The van der Waals surface area contributed by atoms with Crippen molar-refractivity contribution in [2.75, 3.05) is 13.2 Å². The molecule has 2 aromatic rings. The molecule has 1 aromatic heterocycles. The van der Waals surface area contributed by atoms with Crippen molar-refractivity contribution in [2.24, 2.45) is 5.92 Å². The smallest absolute Gasteiger partial charge is 0.174 e. The highest BCUT2D eigenvalue weighted by atomic mass is 19.1. The topological polar surface area (TPSA) is 54.4 Å². The molecule has 4 nitrogen and oxygen atoms in total.